The molecule has 2 aromatic heterocycles. The van der Waals surface area contributed by atoms with Gasteiger partial charge in [-0.3, -0.25) is 4.79 Å². The van der Waals surface area contributed by atoms with Crippen LogP contribution in [0, 0.1) is 0 Å². The first kappa shape index (κ1) is 16.7. The van der Waals surface area contributed by atoms with Gasteiger partial charge in [-0.15, -0.1) is 0 Å². The first-order valence-corrected chi connectivity index (χ1v) is 10.1. The SMILES string of the molecule is C[C@@H]1c2ccccc2CCN1C(=O)c1cc(N2CCC2)n2nc(Br)cc2n1. The number of rotatable bonds is 2. The average Bonchev–Trinajstić information content (AvgIpc) is 3.01. The number of carbonyl (C=O) groups is 1. The highest BCUT2D eigenvalue weighted by molar-refractivity contribution is 9.10. The minimum Gasteiger partial charge on any atom is -0.356 e. The highest BCUT2D eigenvalue weighted by atomic mass is 79.9. The molecule has 0 spiro atoms. The maximum Gasteiger partial charge on any atom is 0.273 e. The smallest absolute Gasteiger partial charge is 0.273 e. The molecule has 1 fully saturated rings. The van der Waals surface area contributed by atoms with E-state index < -0.39 is 0 Å². The van der Waals surface area contributed by atoms with Crippen molar-refractivity contribution in [2.45, 2.75) is 25.8 Å². The van der Waals surface area contributed by atoms with Gasteiger partial charge in [0.15, 0.2) is 5.65 Å². The minimum atomic E-state index is -0.0152. The molecule has 0 saturated carbocycles. The van der Waals surface area contributed by atoms with E-state index in [0.29, 0.717) is 17.9 Å². The summed E-state index contributed by atoms with van der Waals surface area (Å²) in [5.74, 6) is 0.920. The Bertz CT molecular complexity index is 1040. The van der Waals surface area contributed by atoms with Crippen LogP contribution in [-0.4, -0.2) is 45.0 Å². The zero-order valence-electron chi connectivity index (χ0n) is 15.1. The lowest BCUT2D eigenvalue weighted by molar-refractivity contribution is 0.0672. The van der Waals surface area contributed by atoms with E-state index in [2.05, 4.69) is 56.0 Å². The summed E-state index contributed by atoms with van der Waals surface area (Å²) in [4.78, 5) is 22.1. The van der Waals surface area contributed by atoms with E-state index in [1.807, 2.05) is 27.6 Å². The molecule has 2 aliphatic rings. The first-order valence-electron chi connectivity index (χ1n) is 9.32. The fraction of sp³-hybridized carbons (Fsp3) is 0.350. The van der Waals surface area contributed by atoms with Crippen molar-refractivity contribution < 1.29 is 4.79 Å². The second-order valence-corrected chi connectivity index (χ2v) is 8.01. The Hall–Kier alpha value is -2.41. The standard InChI is InChI=1S/C20H20BrN5O/c1-13-15-6-3-2-5-14(15)7-10-25(13)20(27)16-11-19(24-8-4-9-24)26-18(22-16)12-17(21)23-26/h2-3,5-6,11-13H,4,7-10H2,1H3/t13-/m1/s1. The first-order chi connectivity index (χ1) is 13.1. The highest BCUT2D eigenvalue weighted by Gasteiger charge is 2.30. The summed E-state index contributed by atoms with van der Waals surface area (Å²) >= 11 is 3.43. The van der Waals surface area contributed by atoms with Gasteiger partial charge in [0.05, 0.1) is 6.04 Å². The summed E-state index contributed by atoms with van der Waals surface area (Å²) in [6, 6.07) is 12.2. The number of nitrogens with zero attached hydrogens (tertiary/aromatic N) is 5. The molecular weight excluding hydrogens is 406 g/mol. The number of carbonyl (C=O) groups excluding carboxylic acids is 1. The molecule has 0 radical (unpaired) electrons. The molecule has 1 amide bonds. The van der Waals surface area contributed by atoms with Crippen LogP contribution in [0.25, 0.3) is 5.65 Å². The molecule has 3 aromatic rings. The molecule has 6 nitrogen and oxygen atoms in total. The number of aromatic nitrogens is 3. The molecule has 1 atom stereocenters. The molecule has 0 unspecified atom stereocenters. The van der Waals surface area contributed by atoms with Crippen LogP contribution >= 0.6 is 15.9 Å². The van der Waals surface area contributed by atoms with Crippen molar-refractivity contribution in [3.05, 3.63) is 57.8 Å². The van der Waals surface area contributed by atoms with Crippen molar-refractivity contribution in [1.82, 2.24) is 19.5 Å². The number of amides is 1. The topological polar surface area (TPSA) is 53.7 Å². The van der Waals surface area contributed by atoms with Crippen molar-refractivity contribution in [2.24, 2.45) is 0 Å². The monoisotopic (exact) mass is 425 g/mol. The third-order valence-electron chi connectivity index (χ3n) is 5.63. The molecule has 1 saturated heterocycles. The normalized spacial score (nSPS) is 19.1. The molecule has 0 bridgehead atoms. The number of benzene rings is 1. The van der Waals surface area contributed by atoms with Gasteiger partial charge in [-0.25, -0.2) is 4.98 Å². The maximum atomic E-state index is 13.4. The van der Waals surface area contributed by atoms with E-state index in [-0.39, 0.29) is 11.9 Å². The second kappa shape index (κ2) is 6.34. The van der Waals surface area contributed by atoms with Crippen molar-refractivity contribution in [1.29, 1.82) is 0 Å². The lowest BCUT2D eigenvalue weighted by atomic mass is 9.93. The fourth-order valence-corrected chi connectivity index (χ4v) is 4.37. The molecule has 7 heteroatoms. The van der Waals surface area contributed by atoms with E-state index in [9.17, 15) is 4.79 Å². The van der Waals surface area contributed by atoms with Crippen LogP contribution in [0.5, 0.6) is 0 Å². The average molecular weight is 426 g/mol. The Morgan fingerprint density at radius 1 is 1.19 bits per heavy atom. The minimum absolute atomic E-state index is 0.0152. The number of halogens is 1. The van der Waals surface area contributed by atoms with Gasteiger partial charge in [-0.05, 0) is 46.8 Å². The highest BCUT2D eigenvalue weighted by Crippen LogP contribution is 2.31. The van der Waals surface area contributed by atoms with E-state index in [1.54, 1.807) is 0 Å². The number of fused-ring (bicyclic) bond motifs is 2. The largest absolute Gasteiger partial charge is 0.356 e. The van der Waals surface area contributed by atoms with Crippen LogP contribution in [0.4, 0.5) is 5.82 Å². The summed E-state index contributed by atoms with van der Waals surface area (Å²) in [6.45, 7) is 4.78. The predicted octanol–water partition coefficient (Wildman–Crippen LogP) is 3.46. The maximum absolute atomic E-state index is 13.4. The van der Waals surface area contributed by atoms with E-state index in [0.717, 1.165) is 36.4 Å². The Morgan fingerprint density at radius 3 is 2.78 bits per heavy atom. The van der Waals surface area contributed by atoms with Crippen LogP contribution in [0.3, 0.4) is 0 Å². The molecule has 5 rings (SSSR count). The molecule has 27 heavy (non-hydrogen) atoms. The second-order valence-electron chi connectivity index (χ2n) is 7.20. The molecule has 4 heterocycles. The molecular formula is C20H20BrN5O. The Balaban J connectivity index is 1.54. The quantitative estimate of drug-likeness (QED) is 0.630. The van der Waals surface area contributed by atoms with Crippen LogP contribution in [0.1, 0.15) is 41.0 Å². The van der Waals surface area contributed by atoms with Gasteiger partial charge in [0.2, 0.25) is 0 Å². The van der Waals surface area contributed by atoms with Gasteiger partial charge >= 0.3 is 0 Å². The van der Waals surface area contributed by atoms with E-state index >= 15 is 0 Å². The van der Waals surface area contributed by atoms with Crippen LogP contribution in [0.2, 0.25) is 0 Å². The third-order valence-corrected chi connectivity index (χ3v) is 6.02. The van der Waals surface area contributed by atoms with Gasteiger partial charge in [-0.1, -0.05) is 24.3 Å². The molecule has 2 aliphatic heterocycles. The van der Waals surface area contributed by atoms with Crippen LogP contribution in [0.15, 0.2) is 41.0 Å². The van der Waals surface area contributed by atoms with Crippen molar-refractivity contribution in [3.63, 3.8) is 0 Å². The van der Waals surface area contributed by atoms with Gasteiger partial charge in [0.25, 0.3) is 5.91 Å². The predicted molar refractivity (Wildman–Crippen MR) is 107 cm³/mol. The third kappa shape index (κ3) is 2.72. The lowest BCUT2D eigenvalue weighted by Crippen LogP contribution is -2.40. The summed E-state index contributed by atoms with van der Waals surface area (Å²) < 4.78 is 2.54. The van der Waals surface area contributed by atoms with Gasteiger partial charge in [0.1, 0.15) is 16.1 Å². The summed E-state index contributed by atoms with van der Waals surface area (Å²) in [5, 5.41) is 4.48. The molecule has 0 aliphatic carbocycles. The number of hydrogen-bond acceptors (Lipinski definition) is 4. The van der Waals surface area contributed by atoms with Gasteiger partial charge in [0, 0.05) is 31.8 Å². The zero-order valence-corrected chi connectivity index (χ0v) is 16.7. The Kier molecular flexibility index (Phi) is 3.93. The Labute approximate surface area is 165 Å². The van der Waals surface area contributed by atoms with Gasteiger partial charge < -0.3 is 9.80 Å². The van der Waals surface area contributed by atoms with Gasteiger partial charge in [-0.2, -0.15) is 9.61 Å². The van der Waals surface area contributed by atoms with Crippen molar-refractivity contribution >= 4 is 33.3 Å². The Morgan fingerprint density at radius 2 is 2.00 bits per heavy atom. The number of hydrogen-bond donors (Lipinski definition) is 0. The summed E-state index contributed by atoms with van der Waals surface area (Å²) in [7, 11) is 0. The van der Waals surface area contributed by atoms with Crippen molar-refractivity contribution in [2.75, 3.05) is 24.5 Å². The lowest BCUT2D eigenvalue weighted by Gasteiger charge is -2.36. The molecule has 1 aromatic carbocycles. The van der Waals surface area contributed by atoms with E-state index in [1.165, 1.54) is 11.1 Å². The summed E-state index contributed by atoms with van der Waals surface area (Å²) in [5.41, 5.74) is 3.74. The fourth-order valence-electron chi connectivity index (χ4n) is 4.01. The summed E-state index contributed by atoms with van der Waals surface area (Å²) in [6.07, 6.45) is 2.04. The zero-order chi connectivity index (χ0) is 18.5. The molecule has 138 valence electrons. The van der Waals surface area contributed by atoms with E-state index in [4.69, 9.17) is 0 Å². The van der Waals surface area contributed by atoms with Crippen molar-refractivity contribution in [3.8, 4) is 0 Å². The molecule has 0 N–H and O–H groups in total. The van der Waals surface area contributed by atoms with Crippen LogP contribution < -0.4 is 4.90 Å². The van der Waals surface area contributed by atoms with Crippen LogP contribution in [-0.2, 0) is 6.42 Å². The number of anilines is 1.